The highest BCUT2D eigenvalue weighted by molar-refractivity contribution is 6.00. The highest BCUT2D eigenvalue weighted by Gasteiger charge is 2.31. The normalized spacial score (nSPS) is 25.0. The van der Waals surface area contributed by atoms with Crippen LogP contribution in [0.4, 0.5) is 10.5 Å². The summed E-state index contributed by atoms with van der Waals surface area (Å²) in [4.78, 5) is 43.9. The van der Waals surface area contributed by atoms with E-state index >= 15 is 0 Å². The Hall–Kier alpha value is -2.85. The van der Waals surface area contributed by atoms with Crippen LogP contribution < -0.4 is 15.4 Å². The minimum Gasteiger partial charge on any atom is -0.490 e. The average molecular weight is 643 g/mol. The fourth-order valence-corrected chi connectivity index (χ4v) is 6.96. The number of nitrogens with zero attached hydrogens (tertiary/aromatic N) is 2. The van der Waals surface area contributed by atoms with Gasteiger partial charge < -0.3 is 35.0 Å². The first-order valence-corrected chi connectivity index (χ1v) is 17.8. The summed E-state index contributed by atoms with van der Waals surface area (Å²) < 4.78 is 12.7. The van der Waals surface area contributed by atoms with Gasteiger partial charge in [0.1, 0.15) is 5.75 Å². The average Bonchev–Trinajstić information content (AvgIpc) is 3.06. The second kappa shape index (κ2) is 17.9. The van der Waals surface area contributed by atoms with Crippen LogP contribution in [0.3, 0.4) is 0 Å². The number of urea groups is 1. The lowest BCUT2D eigenvalue weighted by Crippen LogP contribution is -2.50. The lowest BCUT2D eigenvalue weighted by Gasteiger charge is -2.36. The highest BCUT2D eigenvalue weighted by atomic mass is 16.5. The first-order valence-electron chi connectivity index (χ1n) is 17.8. The molecule has 0 spiro atoms. The molecular formula is C36H58N4O6. The predicted molar refractivity (Wildman–Crippen MR) is 180 cm³/mol. The second-order valence-corrected chi connectivity index (χ2v) is 14.0. The van der Waals surface area contributed by atoms with Crippen molar-refractivity contribution in [2.24, 2.45) is 11.8 Å². The minimum absolute atomic E-state index is 0.00637. The van der Waals surface area contributed by atoms with E-state index in [9.17, 15) is 19.5 Å². The lowest BCUT2D eigenvalue weighted by atomic mass is 9.88. The smallest absolute Gasteiger partial charge is 0.317 e. The molecule has 0 aromatic heterocycles. The van der Waals surface area contributed by atoms with E-state index in [0.717, 1.165) is 70.6 Å². The molecule has 0 radical (unpaired) electrons. The molecule has 1 aliphatic heterocycles. The number of anilines is 1. The maximum atomic E-state index is 14.4. The SMILES string of the molecule is C[C@@H]1CCCCO[C@@H](CN(C)C(=O)NC2CCCCC2)[C@@H](C)CN([C@H](C)CO)C(=O)c2cc(NC(=O)C3CCCCC3)ccc2O1. The van der Waals surface area contributed by atoms with E-state index in [1.165, 1.54) is 12.8 Å². The topological polar surface area (TPSA) is 120 Å². The number of hydrogen-bond donors (Lipinski definition) is 3. The summed E-state index contributed by atoms with van der Waals surface area (Å²) in [6.07, 6.45) is 12.7. The molecule has 10 heteroatoms. The quantitative estimate of drug-likeness (QED) is 0.337. The molecule has 1 aromatic rings. The molecule has 3 aliphatic rings. The van der Waals surface area contributed by atoms with Gasteiger partial charge >= 0.3 is 6.03 Å². The largest absolute Gasteiger partial charge is 0.490 e. The second-order valence-electron chi connectivity index (χ2n) is 14.0. The van der Waals surface area contributed by atoms with Crippen LogP contribution in [0.1, 0.15) is 115 Å². The first-order chi connectivity index (χ1) is 22.2. The van der Waals surface area contributed by atoms with Gasteiger partial charge in [-0.2, -0.15) is 0 Å². The number of fused-ring (bicyclic) bond motifs is 1. The molecule has 258 valence electrons. The van der Waals surface area contributed by atoms with Gasteiger partial charge in [0.15, 0.2) is 0 Å². The molecule has 0 unspecified atom stereocenters. The van der Waals surface area contributed by atoms with Crippen LogP contribution >= 0.6 is 0 Å². The van der Waals surface area contributed by atoms with Crippen molar-refractivity contribution in [3.8, 4) is 5.75 Å². The van der Waals surface area contributed by atoms with Gasteiger partial charge in [0.25, 0.3) is 5.91 Å². The molecule has 4 rings (SSSR count). The van der Waals surface area contributed by atoms with E-state index in [4.69, 9.17) is 9.47 Å². The van der Waals surface area contributed by atoms with Crippen molar-refractivity contribution in [2.75, 3.05) is 38.7 Å². The van der Waals surface area contributed by atoms with E-state index in [1.54, 1.807) is 29.0 Å². The zero-order chi connectivity index (χ0) is 33.1. The number of hydrogen-bond acceptors (Lipinski definition) is 6. The summed E-state index contributed by atoms with van der Waals surface area (Å²) in [6.45, 7) is 6.90. The van der Waals surface area contributed by atoms with Crippen LogP contribution in [0, 0.1) is 11.8 Å². The number of benzene rings is 1. The van der Waals surface area contributed by atoms with Crippen LogP contribution in [0.15, 0.2) is 18.2 Å². The summed E-state index contributed by atoms with van der Waals surface area (Å²) in [7, 11) is 1.80. The maximum absolute atomic E-state index is 14.4. The Morgan fingerprint density at radius 2 is 1.67 bits per heavy atom. The predicted octanol–water partition coefficient (Wildman–Crippen LogP) is 5.98. The summed E-state index contributed by atoms with van der Waals surface area (Å²) in [5.41, 5.74) is 0.927. The number of aliphatic hydroxyl groups excluding tert-OH is 1. The molecule has 4 amide bonds. The van der Waals surface area contributed by atoms with Crippen molar-refractivity contribution in [3.05, 3.63) is 23.8 Å². The number of amides is 4. The Morgan fingerprint density at radius 3 is 2.37 bits per heavy atom. The van der Waals surface area contributed by atoms with Gasteiger partial charge in [-0.05, 0) is 77.0 Å². The number of ether oxygens (including phenoxy) is 2. The van der Waals surface area contributed by atoms with E-state index in [1.807, 2.05) is 26.8 Å². The summed E-state index contributed by atoms with van der Waals surface area (Å²) in [5.74, 6) is 0.0425. The molecule has 4 atom stereocenters. The fraction of sp³-hybridized carbons (Fsp3) is 0.750. The number of rotatable bonds is 7. The Labute approximate surface area is 275 Å². The van der Waals surface area contributed by atoms with Gasteiger partial charge in [-0.15, -0.1) is 0 Å². The third-order valence-corrected chi connectivity index (χ3v) is 10.0. The van der Waals surface area contributed by atoms with Gasteiger partial charge in [0, 0.05) is 50.3 Å². The molecule has 3 N–H and O–H groups in total. The van der Waals surface area contributed by atoms with Crippen molar-refractivity contribution >= 4 is 23.5 Å². The lowest BCUT2D eigenvalue weighted by molar-refractivity contribution is -0.120. The van der Waals surface area contributed by atoms with Crippen LogP contribution in [0.2, 0.25) is 0 Å². The van der Waals surface area contributed by atoms with Crippen molar-refractivity contribution < 1.29 is 29.0 Å². The number of likely N-dealkylation sites (N-methyl/N-ethyl adjacent to an activating group) is 1. The van der Waals surface area contributed by atoms with Crippen molar-refractivity contribution in [3.63, 3.8) is 0 Å². The van der Waals surface area contributed by atoms with Crippen LogP contribution in [-0.4, -0.2) is 90.4 Å². The van der Waals surface area contributed by atoms with E-state index < -0.39 is 6.04 Å². The van der Waals surface area contributed by atoms with Gasteiger partial charge in [-0.25, -0.2) is 4.79 Å². The summed E-state index contributed by atoms with van der Waals surface area (Å²) >= 11 is 0. The molecule has 2 saturated carbocycles. The van der Waals surface area contributed by atoms with Gasteiger partial charge in [0.2, 0.25) is 5.91 Å². The van der Waals surface area contributed by atoms with Crippen LogP contribution in [-0.2, 0) is 9.53 Å². The first kappa shape index (κ1) is 36.0. The summed E-state index contributed by atoms with van der Waals surface area (Å²) in [6, 6.07) is 4.96. The molecule has 2 fully saturated rings. The fourth-order valence-electron chi connectivity index (χ4n) is 6.96. The number of carbonyl (C=O) groups is 3. The van der Waals surface area contributed by atoms with Gasteiger partial charge in [-0.3, -0.25) is 9.59 Å². The maximum Gasteiger partial charge on any atom is 0.317 e. The zero-order valence-corrected chi connectivity index (χ0v) is 28.6. The Kier molecular flexibility index (Phi) is 14.0. The molecule has 46 heavy (non-hydrogen) atoms. The van der Waals surface area contributed by atoms with Gasteiger partial charge in [0.05, 0.1) is 30.4 Å². The molecular weight excluding hydrogens is 584 g/mol. The van der Waals surface area contributed by atoms with E-state index in [-0.39, 0.29) is 54.5 Å². The van der Waals surface area contributed by atoms with E-state index in [2.05, 4.69) is 10.6 Å². The molecule has 1 aromatic carbocycles. The molecule has 0 saturated heterocycles. The van der Waals surface area contributed by atoms with Crippen molar-refractivity contribution in [1.82, 2.24) is 15.1 Å². The summed E-state index contributed by atoms with van der Waals surface area (Å²) in [5, 5.41) is 16.5. The van der Waals surface area contributed by atoms with Gasteiger partial charge in [-0.1, -0.05) is 45.4 Å². The monoisotopic (exact) mass is 642 g/mol. The van der Waals surface area contributed by atoms with E-state index in [0.29, 0.717) is 36.7 Å². The van der Waals surface area contributed by atoms with Crippen LogP contribution in [0.5, 0.6) is 5.75 Å². The van der Waals surface area contributed by atoms with Crippen molar-refractivity contribution in [2.45, 2.75) is 129 Å². The van der Waals surface area contributed by atoms with Crippen LogP contribution in [0.25, 0.3) is 0 Å². The Balaban J connectivity index is 1.56. The van der Waals surface area contributed by atoms with Crippen molar-refractivity contribution in [1.29, 1.82) is 0 Å². The third kappa shape index (κ3) is 10.3. The minimum atomic E-state index is -0.471. The molecule has 10 nitrogen and oxygen atoms in total. The Bertz CT molecular complexity index is 1140. The zero-order valence-electron chi connectivity index (χ0n) is 28.6. The standard InChI is InChI=1S/C36H58N4O6/c1-25-22-40(26(2)24-41)35(43)31-21-30(37-34(42)28-14-7-5-8-15-28)18-19-32(31)46-27(3)13-11-12-20-45-33(25)23-39(4)36(44)38-29-16-9-6-10-17-29/h18-19,21,25-29,33,41H,5-17,20,22-24H2,1-4H3,(H,37,42)(H,38,44)/t25-,26+,27+,33-/m0/s1. The molecule has 0 bridgehead atoms. The third-order valence-electron chi connectivity index (χ3n) is 10.0. The number of aliphatic hydroxyl groups is 1. The molecule has 1 heterocycles. The highest BCUT2D eigenvalue weighted by Crippen LogP contribution is 2.30. The molecule has 2 aliphatic carbocycles. The number of carbonyl (C=O) groups excluding carboxylic acids is 3. The number of nitrogens with one attached hydrogen (secondary N) is 2. The Morgan fingerprint density at radius 1 is 1.00 bits per heavy atom.